The maximum Gasteiger partial charge on any atom is 0.573 e. The zero-order valence-corrected chi connectivity index (χ0v) is 21.5. The largest absolute Gasteiger partial charge is 0.573 e. The van der Waals surface area contributed by atoms with E-state index in [9.17, 15) is 22.8 Å². The minimum absolute atomic E-state index is 0.0178. The molecule has 34 heavy (non-hydrogen) atoms. The molecule has 10 heteroatoms. The Hall–Kier alpha value is -2.47. The summed E-state index contributed by atoms with van der Waals surface area (Å²) in [5.41, 5.74) is 0.990. The number of hydrogen-bond donors (Lipinski definition) is 2. The highest BCUT2D eigenvalue weighted by molar-refractivity contribution is 14.1. The molecule has 0 radical (unpaired) electrons. The number of hydrogen-bond acceptors (Lipinski definition) is 4. The van der Waals surface area contributed by atoms with E-state index in [-0.39, 0.29) is 33.5 Å². The Morgan fingerprint density at radius 1 is 1.09 bits per heavy atom. The van der Waals surface area contributed by atoms with Crippen molar-refractivity contribution in [2.24, 2.45) is 0 Å². The summed E-state index contributed by atoms with van der Waals surface area (Å²) in [6.07, 6.45) is -3.04. The average Bonchev–Trinajstić information content (AvgIpc) is 2.73. The monoisotopic (exact) mass is 602 g/mol. The second kappa shape index (κ2) is 10.9. The van der Waals surface area contributed by atoms with Crippen molar-refractivity contribution >= 4 is 62.6 Å². The van der Waals surface area contributed by atoms with Crippen LogP contribution in [0.25, 0.3) is 10.8 Å². The summed E-state index contributed by atoms with van der Waals surface area (Å²) < 4.78 is 44.2. The van der Waals surface area contributed by atoms with Gasteiger partial charge in [0.05, 0.1) is 11.1 Å². The molecule has 0 aliphatic heterocycles. The van der Waals surface area contributed by atoms with Gasteiger partial charge in [-0.3, -0.25) is 9.59 Å². The second-order valence-electron chi connectivity index (χ2n) is 7.61. The standard InChI is InChI=1S/C24H22F3IN2O3S/c1-13-11-18(33-24(25,26)27)16-9-10-17(28)21(23(32)29-14(2)12-34-3)20(16)19(13)22(31)30-15-7-5-4-6-8-15/h4-11,14H,12H2,1-3H3,(H,29,32)(H,30,31). The van der Waals surface area contributed by atoms with Gasteiger partial charge in [-0.15, -0.1) is 13.2 Å². The van der Waals surface area contributed by atoms with Crippen LogP contribution >= 0.6 is 34.4 Å². The zero-order valence-electron chi connectivity index (χ0n) is 18.5. The number of anilines is 1. The first-order chi connectivity index (χ1) is 16.0. The molecule has 0 aromatic heterocycles. The SMILES string of the molecule is CSCC(C)NC(=O)c1c(I)ccc2c(OC(F)(F)F)cc(C)c(C(=O)Nc3ccccc3)c12. The second-order valence-corrected chi connectivity index (χ2v) is 9.68. The van der Waals surface area contributed by atoms with Crippen LogP contribution in [0.4, 0.5) is 18.9 Å². The number of carbonyl (C=O) groups excluding carboxylic acids is 2. The molecule has 0 aliphatic rings. The summed E-state index contributed by atoms with van der Waals surface area (Å²) >= 11 is 3.50. The van der Waals surface area contributed by atoms with Crippen LogP contribution in [0.2, 0.25) is 0 Å². The van der Waals surface area contributed by atoms with Crippen molar-refractivity contribution in [1.29, 1.82) is 0 Å². The van der Waals surface area contributed by atoms with Gasteiger partial charge >= 0.3 is 6.36 Å². The van der Waals surface area contributed by atoms with E-state index in [1.807, 2.05) is 35.8 Å². The summed E-state index contributed by atoms with van der Waals surface area (Å²) in [5, 5.41) is 5.76. The van der Waals surface area contributed by atoms with Crippen molar-refractivity contribution in [3.05, 3.63) is 68.8 Å². The Kier molecular flexibility index (Phi) is 8.34. The van der Waals surface area contributed by atoms with Gasteiger partial charge in [-0.05, 0) is 78.6 Å². The van der Waals surface area contributed by atoms with Crippen molar-refractivity contribution in [2.75, 3.05) is 17.3 Å². The number of ether oxygens (including phenoxy) is 1. The molecular formula is C24H22F3IN2O3S. The highest BCUT2D eigenvalue weighted by Gasteiger charge is 2.33. The molecule has 0 aliphatic carbocycles. The first kappa shape index (κ1) is 26.1. The molecule has 0 spiro atoms. The number of para-hydroxylation sites is 1. The number of benzene rings is 3. The molecule has 0 bridgehead atoms. The number of thioether (sulfide) groups is 1. The van der Waals surface area contributed by atoms with Gasteiger partial charge < -0.3 is 15.4 Å². The van der Waals surface area contributed by atoms with Crippen LogP contribution in [0.15, 0.2) is 48.5 Å². The molecule has 0 heterocycles. The van der Waals surface area contributed by atoms with E-state index in [0.29, 0.717) is 15.0 Å². The van der Waals surface area contributed by atoms with Crippen molar-refractivity contribution in [3.8, 4) is 5.75 Å². The Bertz CT molecular complexity index is 1220. The lowest BCUT2D eigenvalue weighted by atomic mass is 9.93. The predicted octanol–water partition coefficient (Wildman–Crippen LogP) is 6.39. The Morgan fingerprint density at radius 2 is 1.76 bits per heavy atom. The van der Waals surface area contributed by atoms with Gasteiger partial charge in [0.25, 0.3) is 11.8 Å². The highest BCUT2D eigenvalue weighted by Crippen LogP contribution is 2.38. The number of aryl methyl sites for hydroxylation is 1. The third-order valence-corrected chi connectivity index (χ3v) is 6.65. The van der Waals surface area contributed by atoms with E-state index in [1.54, 1.807) is 42.1 Å². The number of carbonyl (C=O) groups is 2. The van der Waals surface area contributed by atoms with Crippen LogP contribution in [-0.2, 0) is 0 Å². The van der Waals surface area contributed by atoms with Crippen LogP contribution in [0, 0.1) is 10.5 Å². The van der Waals surface area contributed by atoms with Crippen molar-refractivity contribution < 1.29 is 27.5 Å². The van der Waals surface area contributed by atoms with E-state index in [1.165, 1.54) is 25.1 Å². The highest BCUT2D eigenvalue weighted by atomic mass is 127. The van der Waals surface area contributed by atoms with Crippen LogP contribution in [-0.4, -0.2) is 36.2 Å². The maximum absolute atomic E-state index is 13.3. The van der Waals surface area contributed by atoms with E-state index in [4.69, 9.17) is 0 Å². The van der Waals surface area contributed by atoms with Crippen LogP contribution < -0.4 is 15.4 Å². The van der Waals surface area contributed by atoms with Crippen LogP contribution in [0.5, 0.6) is 5.75 Å². The third kappa shape index (κ3) is 6.15. The molecule has 2 amide bonds. The summed E-state index contributed by atoms with van der Waals surface area (Å²) in [7, 11) is 0. The fraction of sp³-hybridized carbons (Fsp3) is 0.250. The van der Waals surface area contributed by atoms with Gasteiger partial charge in [0.2, 0.25) is 0 Å². The van der Waals surface area contributed by atoms with Gasteiger partial charge in [-0.1, -0.05) is 18.2 Å². The first-order valence-electron chi connectivity index (χ1n) is 10.2. The fourth-order valence-corrected chi connectivity index (χ4v) is 4.89. The molecule has 3 aromatic carbocycles. The number of amides is 2. The lowest BCUT2D eigenvalue weighted by Gasteiger charge is -2.20. The summed E-state index contributed by atoms with van der Waals surface area (Å²) in [6, 6.07) is 12.6. The number of alkyl halides is 3. The summed E-state index contributed by atoms with van der Waals surface area (Å²) in [5.74, 6) is -0.844. The third-order valence-electron chi connectivity index (χ3n) is 4.92. The molecule has 2 N–H and O–H groups in total. The van der Waals surface area contributed by atoms with Crippen LogP contribution in [0.1, 0.15) is 33.2 Å². The fourth-order valence-electron chi connectivity index (χ4n) is 3.61. The number of rotatable bonds is 7. The molecule has 5 nitrogen and oxygen atoms in total. The van der Waals surface area contributed by atoms with Crippen molar-refractivity contribution in [3.63, 3.8) is 0 Å². The lowest BCUT2D eigenvalue weighted by Crippen LogP contribution is -2.35. The average molecular weight is 602 g/mol. The topological polar surface area (TPSA) is 67.4 Å². The van der Waals surface area contributed by atoms with Crippen molar-refractivity contribution in [1.82, 2.24) is 5.32 Å². The molecule has 3 rings (SSSR count). The molecule has 0 fully saturated rings. The quantitative estimate of drug-likeness (QED) is 0.308. The van der Waals surface area contributed by atoms with Gasteiger partial charge in [0.15, 0.2) is 0 Å². The summed E-state index contributed by atoms with van der Waals surface area (Å²) in [4.78, 5) is 26.6. The smallest absolute Gasteiger partial charge is 0.405 e. The Morgan fingerprint density at radius 3 is 2.38 bits per heavy atom. The Balaban J connectivity index is 2.26. The molecule has 1 unspecified atom stereocenters. The molecule has 0 saturated carbocycles. The van der Waals surface area contributed by atoms with E-state index in [0.717, 1.165) is 0 Å². The molecular weight excluding hydrogens is 580 g/mol. The van der Waals surface area contributed by atoms with Gasteiger partial charge in [0, 0.05) is 31.8 Å². The van der Waals surface area contributed by atoms with E-state index < -0.39 is 23.9 Å². The summed E-state index contributed by atoms with van der Waals surface area (Å²) in [6.45, 7) is 3.35. The first-order valence-corrected chi connectivity index (χ1v) is 12.7. The zero-order chi connectivity index (χ0) is 25.0. The lowest BCUT2D eigenvalue weighted by molar-refractivity contribution is -0.274. The normalized spacial score (nSPS) is 12.3. The molecule has 0 saturated heterocycles. The predicted molar refractivity (Wildman–Crippen MR) is 138 cm³/mol. The van der Waals surface area contributed by atoms with E-state index in [2.05, 4.69) is 15.4 Å². The Labute approximate surface area is 213 Å². The number of nitrogens with one attached hydrogen (secondary N) is 2. The minimum atomic E-state index is -4.94. The van der Waals surface area contributed by atoms with Gasteiger partial charge in [0.1, 0.15) is 5.75 Å². The molecule has 3 aromatic rings. The van der Waals surface area contributed by atoms with Gasteiger partial charge in [-0.25, -0.2) is 0 Å². The molecule has 180 valence electrons. The van der Waals surface area contributed by atoms with Crippen molar-refractivity contribution in [2.45, 2.75) is 26.3 Å². The number of fused-ring (bicyclic) bond motifs is 1. The van der Waals surface area contributed by atoms with Crippen LogP contribution in [0.3, 0.4) is 0 Å². The minimum Gasteiger partial charge on any atom is -0.405 e. The van der Waals surface area contributed by atoms with E-state index >= 15 is 0 Å². The van der Waals surface area contributed by atoms with Gasteiger partial charge in [-0.2, -0.15) is 11.8 Å². The number of halogens is 4. The molecule has 1 atom stereocenters. The maximum atomic E-state index is 13.3.